The molecule has 0 radical (unpaired) electrons. The van der Waals surface area contributed by atoms with Crippen LogP contribution < -0.4 is 10.6 Å². The summed E-state index contributed by atoms with van der Waals surface area (Å²) in [5.41, 5.74) is 4.47. The molecule has 1 aliphatic carbocycles. The van der Waals surface area contributed by atoms with Crippen LogP contribution in [0.25, 0.3) is 0 Å². The van der Waals surface area contributed by atoms with Gasteiger partial charge >= 0.3 is 0 Å². The topological polar surface area (TPSA) is 41.1 Å². The fourth-order valence-corrected chi connectivity index (χ4v) is 2.32. The predicted octanol–water partition coefficient (Wildman–Crippen LogP) is 2.55. The molecular formula is C15H22N2O. The molecule has 1 amide bonds. The second-order valence-electron chi connectivity index (χ2n) is 5.44. The average Bonchev–Trinajstić information content (AvgIpc) is 3.11. The lowest BCUT2D eigenvalue weighted by Crippen LogP contribution is -2.32. The molecule has 0 saturated heterocycles. The third-order valence-corrected chi connectivity index (χ3v) is 4.16. The van der Waals surface area contributed by atoms with Crippen LogP contribution in [0, 0.1) is 26.2 Å². The number of hydrogen-bond acceptors (Lipinski definition) is 2. The smallest absolute Gasteiger partial charge is 0.231 e. The first-order valence-electron chi connectivity index (χ1n) is 6.53. The Morgan fingerprint density at radius 1 is 1.22 bits per heavy atom. The molecule has 18 heavy (non-hydrogen) atoms. The summed E-state index contributed by atoms with van der Waals surface area (Å²) in [6, 6.07) is 4.07. The predicted molar refractivity (Wildman–Crippen MR) is 74.9 cm³/mol. The first-order valence-corrected chi connectivity index (χ1v) is 6.53. The Balaban J connectivity index is 2.15. The summed E-state index contributed by atoms with van der Waals surface area (Å²) in [7, 11) is 1.90. The minimum atomic E-state index is -0.167. The van der Waals surface area contributed by atoms with E-state index in [1.54, 1.807) is 0 Å². The van der Waals surface area contributed by atoms with E-state index in [9.17, 15) is 4.79 Å². The van der Waals surface area contributed by atoms with Crippen molar-refractivity contribution in [2.24, 2.45) is 5.41 Å². The molecule has 98 valence electrons. The minimum absolute atomic E-state index is 0.156. The number of rotatable bonds is 4. The van der Waals surface area contributed by atoms with Crippen LogP contribution in [-0.4, -0.2) is 19.5 Å². The van der Waals surface area contributed by atoms with Crippen LogP contribution in [-0.2, 0) is 4.79 Å². The fraction of sp³-hybridized carbons (Fsp3) is 0.533. The highest BCUT2D eigenvalue weighted by Crippen LogP contribution is 2.46. The van der Waals surface area contributed by atoms with Crippen LogP contribution in [0.3, 0.4) is 0 Å². The van der Waals surface area contributed by atoms with Crippen LogP contribution in [0.5, 0.6) is 0 Å². The van der Waals surface area contributed by atoms with Crippen molar-refractivity contribution >= 4 is 11.6 Å². The molecule has 0 spiro atoms. The number of benzene rings is 1. The monoisotopic (exact) mass is 246 g/mol. The van der Waals surface area contributed by atoms with Crippen molar-refractivity contribution in [3.05, 3.63) is 28.8 Å². The van der Waals surface area contributed by atoms with Gasteiger partial charge < -0.3 is 10.6 Å². The van der Waals surface area contributed by atoms with Gasteiger partial charge in [-0.05, 0) is 63.4 Å². The maximum atomic E-state index is 12.3. The molecule has 1 aliphatic rings. The lowest BCUT2D eigenvalue weighted by atomic mass is 10.0. The van der Waals surface area contributed by atoms with Crippen molar-refractivity contribution in [2.75, 3.05) is 18.9 Å². The maximum absolute atomic E-state index is 12.3. The molecule has 2 N–H and O–H groups in total. The van der Waals surface area contributed by atoms with Gasteiger partial charge in [-0.2, -0.15) is 0 Å². The van der Waals surface area contributed by atoms with Crippen LogP contribution in [0.2, 0.25) is 0 Å². The normalized spacial score (nSPS) is 16.4. The summed E-state index contributed by atoms with van der Waals surface area (Å²) in [6.45, 7) is 7.02. The molecular weight excluding hydrogens is 224 g/mol. The highest BCUT2D eigenvalue weighted by Gasteiger charge is 2.49. The minimum Gasteiger partial charge on any atom is -0.325 e. The van der Waals surface area contributed by atoms with Crippen LogP contribution in [0.1, 0.15) is 29.5 Å². The zero-order valence-corrected chi connectivity index (χ0v) is 11.7. The van der Waals surface area contributed by atoms with Crippen LogP contribution in [0.4, 0.5) is 5.69 Å². The summed E-state index contributed by atoms with van der Waals surface area (Å²) >= 11 is 0. The van der Waals surface area contributed by atoms with E-state index in [0.717, 1.165) is 25.1 Å². The molecule has 0 aliphatic heterocycles. The summed E-state index contributed by atoms with van der Waals surface area (Å²) < 4.78 is 0. The molecule has 0 unspecified atom stereocenters. The maximum Gasteiger partial charge on any atom is 0.231 e. The van der Waals surface area contributed by atoms with Crippen LogP contribution >= 0.6 is 0 Å². The number of anilines is 1. The zero-order chi connectivity index (χ0) is 13.3. The van der Waals surface area contributed by atoms with E-state index in [4.69, 9.17) is 0 Å². The lowest BCUT2D eigenvalue weighted by Gasteiger charge is -2.17. The first kappa shape index (κ1) is 13.1. The molecule has 1 fully saturated rings. The number of carbonyl (C=O) groups excluding carboxylic acids is 1. The third-order valence-electron chi connectivity index (χ3n) is 4.16. The van der Waals surface area contributed by atoms with E-state index in [2.05, 4.69) is 37.5 Å². The number of aryl methyl sites for hydroxylation is 1. The van der Waals surface area contributed by atoms with Crippen molar-refractivity contribution < 1.29 is 4.79 Å². The van der Waals surface area contributed by atoms with Gasteiger partial charge in [0.2, 0.25) is 5.91 Å². The Hall–Kier alpha value is -1.35. The zero-order valence-electron chi connectivity index (χ0n) is 11.7. The molecule has 0 atom stereocenters. The quantitative estimate of drug-likeness (QED) is 0.857. The second-order valence-corrected chi connectivity index (χ2v) is 5.44. The van der Waals surface area contributed by atoms with Crippen molar-refractivity contribution in [2.45, 2.75) is 33.6 Å². The Morgan fingerprint density at radius 3 is 2.44 bits per heavy atom. The van der Waals surface area contributed by atoms with Gasteiger partial charge in [0.05, 0.1) is 5.41 Å². The van der Waals surface area contributed by atoms with Crippen molar-refractivity contribution in [1.29, 1.82) is 0 Å². The molecule has 2 rings (SSSR count). The second kappa shape index (κ2) is 4.73. The van der Waals surface area contributed by atoms with E-state index in [1.165, 1.54) is 16.7 Å². The molecule has 0 bridgehead atoms. The molecule has 3 heteroatoms. The molecule has 1 saturated carbocycles. The van der Waals surface area contributed by atoms with Crippen molar-refractivity contribution in [3.8, 4) is 0 Å². The third kappa shape index (κ3) is 2.27. The molecule has 1 aromatic rings. The fourth-order valence-electron chi connectivity index (χ4n) is 2.32. The van der Waals surface area contributed by atoms with E-state index < -0.39 is 0 Å². The Morgan fingerprint density at radius 2 is 1.89 bits per heavy atom. The highest BCUT2D eigenvalue weighted by molar-refractivity contribution is 5.98. The van der Waals surface area contributed by atoms with Gasteiger partial charge in [-0.15, -0.1) is 0 Å². The van der Waals surface area contributed by atoms with Gasteiger partial charge in [0.1, 0.15) is 0 Å². The Kier molecular flexibility index (Phi) is 3.44. The van der Waals surface area contributed by atoms with E-state index in [1.807, 2.05) is 13.1 Å². The van der Waals surface area contributed by atoms with E-state index in [-0.39, 0.29) is 11.3 Å². The lowest BCUT2D eigenvalue weighted by molar-refractivity contribution is -0.120. The summed E-state index contributed by atoms with van der Waals surface area (Å²) in [6.07, 6.45) is 1.98. The van der Waals surface area contributed by atoms with Gasteiger partial charge in [-0.3, -0.25) is 4.79 Å². The molecule has 0 aromatic heterocycles. The van der Waals surface area contributed by atoms with E-state index >= 15 is 0 Å². The standard InChI is InChI=1S/C15H22N2O/c1-10-5-6-13(12(3)11(10)2)17-14(18)15(7-8-15)9-16-4/h5-6,16H,7-9H2,1-4H3,(H,17,18). The summed E-state index contributed by atoms with van der Waals surface area (Å²) in [5, 5.41) is 6.20. The first-order chi connectivity index (χ1) is 8.50. The van der Waals surface area contributed by atoms with Gasteiger partial charge in [-0.25, -0.2) is 0 Å². The van der Waals surface area contributed by atoms with Gasteiger partial charge in [-0.1, -0.05) is 6.07 Å². The Bertz CT molecular complexity index is 476. The molecule has 0 heterocycles. The number of carbonyl (C=O) groups is 1. The van der Waals surface area contributed by atoms with Crippen molar-refractivity contribution in [3.63, 3.8) is 0 Å². The SMILES string of the molecule is CNCC1(C(=O)Nc2ccc(C)c(C)c2C)CC1. The molecule has 3 nitrogen and oxygen atoms in total. The molecule has 1 aromatic carbocycles. The average molecular weight is 246 g/mol. The number of nitrogens with one attached hydrogen (secondary N) is 2. The highest BCUT2D eigenvalue weighted by atomic mass is 16.2. The van der Waals surface area contributed by atoms with E-state index in [0.29, 0.717) is 0 Å². The largest absolute Gasteiger partial charge is 0.325 e. The number of hydrogen-bond donors (Lipinski definition) is 2. The van der Waals surface area contributed by atoms with Gasteiger partial charge in [0.15, 0.2) is 0 Å². The van der Waals surface area contributed by atoms with Crippen LogP contribution in [0.15, 0.2) is 12.1 Å². The summed E-state index contributed by atoms with van der Waals surface area (Å²) in [4.78, 5) is 12.3. The summed E-state index contributed by atoms with van der Waals surface area (Å²) in [5.74, 6) is 0.156. The van der Waals surface area contributed by atoms with Gasteiger partial charge in [0, 0.05) is 12.2 Å². The van der Waals surface area contributed by atoms with Gasteiger partial charge in [0.25, 0.3) is 0 Å². The Labute approximate surface area is 109 Å². The number of amides is 1. The van der Waals surface area contributed by atoms with Crippen molar-refractivity contribution in [1.82, 2.24) is 5.32 Å².